The van der Waals surface area contributed by atoms with E-state index in [4.69, 9.17) is 0 Å². The van der Waals surface area contributed by atoms with Crippen molar-refractivity contribution in [3.8, 4) is 0 Å². The van der Waals surface area contributed by atoms with E-state index in [-0.39, 0.29) is 15.5 Å². The van der Waals surface area contributed by atoms with Crippen molar-refractivity contribution in [2.75, 3.05) is 0 Å². The topological polar surface area (TPSA) is 28.7 Å². The van der Waals surface area contributed by atoms with Crippen LogP contribution in [-0.2, 0) is 6.18 Å². The molecule has 0 amide bonds. The molecule has 2 aromatic rings. The van der Waals surface area contributed by atoms with Crippen molar-refractivity contribution in [2.45, 2.75) is 6.18 Å². The summed E-state index contributed by atoms with van der Waals surface area (Å²) in [7, 11) is 0. The van der Waals surface area contributed by atoms with Crippen molar-refractivity contribution in [1.82, 2.24) is 9.97 Å². The Bertz CT molecular complexity index is 517. The van der Waals surface area contributed by atoms with Gasteiger partial charge < -0.3 is 4.98 Å². The second-order valence-electron chi connectivity index (χ2n) is 2.87. The molecule has 2 rings (SSSR count). The van der Waals surface area contributed by atoms with Crippen molar-refractivity contribution in [1.29, 1.82) is 0 Å². The van der Waals surface area contributed by atoms with Gasteiger partial charge in [0.05, 0.1) is 5.52 Å². The zero-order valence-corrected chi connectivity index (χ0v) is 8.58. The monoisotopic (exact) mass is 282 g/mol. The van der Waals surface area contributed by atoms with Crippen molar-refractivity contribution < 1.29 is 17.6 Å². The van der Waals surface area contributed by atoms with E-state index in [1.807, 2.05) is 4.98 Å². The molecule has 0 bridgehead atoms. The van der Waals surface area contributed by atoms with E-state index in [1.54, 1.807) is 0 Å². The van der Waals surface area contributed by atoms with Crippen LogP contribution in [0.3, 0.4) is 0 Å². The Hall–Kier alpha value is -1.11. The maximum Gasteiger partial charge on any atom is 0.449 e. The fourth-order valence-electron chi connectivity index (χ4n) is 1.18. The summed E-state index contributed by atoms with van der Waals surface area (Å²) >= 11 is 2.94. The lowest BCUT2D eigenvalue weighted by atomic mass is 10.3. The van der Waals surface area contributed by atoms with E-state index in [0.717, 1.165) is 12.1 Å². The van der Waals surface area contributed by atoms with Gasteiger partial charge >= 0.3 is 6.18 Å². The van der Waals surface area contributed by atoms with Gasteiger partial charge in [-0.2, -0.15) is 13.2 Å². The van der Waals surface area contributed by atoms with Gasteiger partial charge in [-0.1, -0.05) is 0 Å². The number of fused-ring (bicyclic) bond motifs is 1. The number of nitrogens with one attached hydrogen (secondary N) is 1. The molecule has 15 heavy (non-hydrogen) atoms. The minimum absolute atomic E-state index is 0.00852. The summed E-state index contributed by atoms with van der Waals surface area (Å²) in [6, 6.07) is 2.02. The number of imidazole rings is 1. The zero-order chi connectivity index (χ0) is 11.2. The van der Waals surface area contributed by atoms with Crippen LogP contribution in [0, 0.1) is 5.82 Å². The molecular formula is C8H3BrF4N2. The third-order valence-electron chi connectivity index (χ3n) is 1.77. The van der Waals surface area contributed by atoms with E-state index in [1.165, 1.54) is 0 Å². The van der Waals surface area contributed by atoms with Crippen LogP contribution >= 0.6 is 15.9 Å². The van der Waals surface area contributed by atoms with Crippen LogP contribution in [0.1, 0.15) is 5.82 Å². The van der Waals surface area contributed by atoms with Gasteiger partial charge in [-0.25, -0.2) is 9.37 Å². The lowest BCUT2D eigenvalue weighted by Gasteiger charge is -1.98. The van der Waals surface area contributed by atoms with E-state index in [0.29, 0.717) is 0 Å². The first-order valence-corrected chi connectivity index (χ1v) is 4.59. The highest BCUT2D eigenvalue weighted by Gasteiger charge is 2.35. The van der Waals surface area contributed by atoms with Gasteiger partial charge in [0.1, 0.15) is 11.3 Å². The lowest BCUT2D eigenvalue weighted by molar-refractivity contribution is -0.144. The van der Waals surface area contributed by atoms with E-state index in [2.05, 4.69) is 20.9 Å². The molecule has 1 aromatic heterocycles. The average Bonchev–Trinajstić information content (AvgIpc) is 2.46. The summed E-state index contributed by atoms with van der Waals surface area (Å²) in [5.74, 6) is -1.77. The fourth-order valence-corrected chi connectivity index (χ4v) is 1.70. The molecule has 1 N–H and O–H groups in total. The first-order chi connectivity index (χ1) is 6.88. The molecule has 7 heteroatoms. The molecule has 1 heterocycles. The van der Waals surface area contributed by atoms with Crippen molar-refractivity contribution >= 4 is 27.0 Å². The zero-order valence-electron chi connectivity index (χ0n) is 6.99. The van der Waals surface area contributed by atoms with Crippen molar-refractivity contribution in [3.63, 3.8) is 0 Å². The summed E-state index contributed by atoms with van der Waals surface area (Å²) in [6.45, 7) is 0. The van der Waals surface area contributed by atoms with Gasteiger partial charge in [0.25, 0.3) is 0 Å². The summed E-state index contributed by atoms with van der Waals surface area (Å²) < 4.78 is 49.8. The number of H-pyrrole nitrogens is 1. The Balaban J connectivity index is 2.71. The number of benzene rings is 1. The Morgan fingerprint density at radius 3 is 2.53 bits per heavy atom. The number of hydrogen-bond acceptors (Lipinski definition) is 1. The standard InChI is InChI=1S/C8H3BrF4N2/c9-4-1-3(10)2-5-6(4)15-7(14-5)8(11,12)13/h1-2H,(H,14,15). The summed E-state index contributed by atoms with van der Waals surface area (Å²) in [5.41, 5.74) is 0.0675. The minimum Gasteiger partial charge on any atom is -0.334 e. The quantitative estimate of drug-likeness (QED) is 0.737. The summed E-state index contributed by atoms with van der Waals surface area (Å²) in [5, 5.41) is 0. The number of rotatable bonds is 0. The second-order valence-corrected chi connectivity index (χ2v) is 3.72. The Labute approximate surface area is 89.4 Å². The normalized spacial score (nSPS) is 12.3. The molecule has 0 aliphatic rings. The lowest BCUT2D eigenvalue weighted by Crippen LogP contribution is -2.06. The van der Waals surface area contributed by atoms with Gasteiger partial charge in [-0.15, -0.1) is 0 Å². The Morgan fingerprint density at radius 1 is 1.27 bits per heavy atom. The number of aromatic nitrogens is 2. The van der Waals surface area contributed by atoms with Crippen molar-refractivity contribution in [2.24, 2.45) is 0 Å². The number of hydrogen-bond donors (Lipinski definition) is 1. The van der Waals surface area contributed by atoms with Crippen LogP contribution in [0.4, 0.5) is 17.6 Å². The van der Waals surface area contributed by atoms with Gasteiger partial charge in [-0.3, -0.25) is 0 Å². The van der Waals surface area contributed by atoms with E-state index < -0.39 is 17.8 Å². The highest BCUT2D eigenvalue weighted by molar-refractivity contribution is 9.10. The van der Waals surface area contributed by atoms with E-state index in [9.17, 15) is 17.6 Å². The molecule has 80 valence electrons. The molecule has 0 fully saturated rings. The SMILES string of the molecule is Fc1cc(Br)c2nc(C(F)(F)F)[nH]c2c1. The molecule has 0 unspecified atom stereocenters. The van der Waals surface area contributed by atoms with Crippen LogP contribution in [-0.4, -0.2) is 9.97 Å². The molecule has 0 aliphatic carbocycles. The predicted octanol–water partition coefficient (Wildman–Crippen LogP) is 3.48. The average molecular weight is 283 g/mol. The molecule has 0 aliphatic heterocycles. The van der Waals surface area contributed by atoms with Crippen LogP contribution in [0.5, 0.6) is 0 Å². The van der Waals surface area contributed by atoms with Gasteiger partial charge in [-0.05, 0) is 28.1 Å². The van der Waals surface area contributed by atoms with E-state index >= 15 is 0 Å². The van der Waals surface area contributed by atoms with Crippen LogP contribution in [0.2, 0.25) is 0 Å². The van der Waals surface area contributed by atoms with Gasteiger partial charge in [0.2, 0.25) is 5.82 Å². The fraction of sp³-hybridized carbons (Fsp3) is 0.125. The van der Waals surface area contributed by atoms with Crippen LogP contribution < -0.4 is 0 Å². The predicted molar refractivity (Wildman–Crippen MR) is 48.8 cm³/mol. The third-order valence-corrected chi connectivity index (χ3v) is 2.38. The van der Waals surface area contributed by atoms with Crippen LogP contribution in [0.25, 0.3) is 11.0 Å². The van der Waals surface area contributed by atoms with Gasteiger partial charge in [0.15, 0.2) is 0 Å². The number of halogens is 5. The minimum atomic E-state index is -4.56. The maximum atomic E-state index is 12.8. The molecule has 0 spiro atoms. The Morgan fingerprint density at radius 2 is 1.93 bits per heavy atom. The second kappa shape index (κ2) is 3.19. The Kier molecular flexibility index (Phi) is 2.22. The van der Waals surface area contributed by atoms with Crippen LogP contribution in [0.15, 0.2) is 16.6 Å². The molecule has 0 saturated carbocycles. The number of alkyl halides is 3. The molecule has 2 nitrogen and oxygen atoms in total. The highest BCUT2D eigenvalue weighted by atomic mass is 79.9. The summed E-state index contributed by atoms with van der Waals surface area (Å²) in [6.07, 6.45) is -4.56. The number of nitrogens with zero attached hydrogens (tertiary/aromatic N) is 1. The first-order valence-electron chi connectivity index (χ1n) is 3.80. The first kappa shape index (κ1) is 10.4. The highest BCUT2D eigenvalue weighted by Crippen LogP contribution is 2.31. The molecule has 0 saturated heterocycles. The largest absolute Gasteiger partial charge is 0.449 e. The van der Waals surface area contributed by atoms with Gasteiger partial charge in [0, 0.05) is 4.47 Å². The molecular weight excluding hydrogens is 280 g/mol. The number of aromatic amines is 1. The van der Waals surface area contributed by atoms with Crippen molar-refractivity contribution in [3.05, 3.63) is 28.2 Å². The maximum absolute atomic E-state index is 12.8. The summed E-state index contributed by atoms with van der Waals surface area (Å²) in [4.78, 5) is 5.34. The third kappa shape index (κ3) is 1.83. The smallest absolute Gasteiger partial charge is 0.334 e. The molecule has 0 radical (unpaired) electrons. The molecule has 0 atom stereocenters. The molecule has 1 aromatic carbocycles.